The van der Waals surface area contributed by atoms with Crippen molar-refractivity contribution in [3.8, 4) is 0 Å². The first kappa shape index (κ1) is 13.3. The van der Waals surface area contributed by atoms with Gasteiger partial charge in [-0.25, -0.2) is 0 Å². The minimum absolute atomic E-state index is 0.0251. The van der Waals surface area contributed by atoms with Crippen LogP contribution in [0.3, 0.4) is 0 Å². The molecule has 94 valence electrons. The van der Waals surface area contributed by atoms with Crippen molar-refractivity contribution in [1.29, 1.82) is 0 Å². The molecule has 2 nitrogen and oxygen atoms in total. The second-order valence-corrected chi connectivity index (χ2v) is 5.05. The molecule has 0 radical (unpaired) electrons. The third kappa shape index (κ3) is 3.70. The summed E-state index contributed by atoms with van der Waals surface area (Å²) in [5.74, 6) is 0. The van der Waals surface area contributed by atoms with Gasteiger partial charge in [-0.15, -0.1) is 0 Å². The molecule has 1 unspecified atom stereocenters. The van der Waals surface area contributed by atoms with E-state index >= 15 is 0 Å². The molecule has 1 heterocycles. The summed E-state index contributed by atoms with van der Waals surface area (Å²) in [5, 5.41) is 1.14. The zero-order valence-electron chi connectivity index (χ0n) is 9.81. The highest BCUT2D eigenvalue weighted by Gasteiger charge is 2.07. The Morgan fingerprint density at radius 3 is 2.56 bits per heavy atom. The molecule has 4 heteroatoms. The molecule has 2 rings (SSSR count). The maximum atomic E-state index is 6.11. The summed E-state index contributed by atoms with van der Waals surface area (Å²) in [5.41, 5.74) is 8.21. The van der Waals surface area contributed by atoms with Gasteiger partial charge < -0.3 is 5.73 Å². The van der Waals surface area contributed by atoms with Gasteiger partial charge >= 0.3 is 0 Å². The lowest BCUT2D eigenvalue weighted by molar-refractivity contribution is 0.654. The molecule has 0 aliphatic rings. The average molecular weight is 281 g/mol. The summed E-state index contributed by atoms with van der Waals surface area (Å²) in [6, 6.07) is 11.5. The minimum atomic E-state index is 0.0251. The van der Waals surface area contributed by atoms with Crippen LogP contribution in [0.2, 0.25) is 10.0 Å². The van der Waals surface area contributed by atoms with Crippen LogP contribution in [0.5, 0.6) is 0 Å². The van der Waals surface area contributed by atoms with Crippen molar-refractivity contribution in [3.05, 3.63) is 63.9 Å². The third-order valence-corrected chi connectivity index (χ3v) is 3.42. The second-order valence-electron chi connectivity index (χ2n) is 4.24. The first-order chi connectivity index (χ1) is 8.65. The van der Waals surface area contributed by atoms with E-state index in [1.807, 2.05) is 30.3 Å². The zero-order chi connectivity index (χ0) is 13.0. The van der Waals surface area contributed by atoms with E-state index in [0.717, 1.165) is 24.1 Å². The molecule has 18 heavy (non-hydrogen) atoms. The van der Waals surface area contributed by atoms with Gasteiger partial charge in [0.2, 0.25) is 0 Å². The number of benzene rings is 1. The van der Waals surface area contributed by atoms with Crippen molar-refractivity contribution in [2.75, 3.05) is 0 Å². The number of halogens is 2. The first-order valence-electron chi connectivity index (χ1n) is 5.74. The lowest BCUT2D eigenvalue weighted by Crippen LogP contribution is -2.25. The van der Waals surface area contributed by atoms with Gasteiger partial charge in [0, 0.05) is 24.4 Å². The van der Waals surface area contributed by atoms with Crippen LogP contribution in [0.25, 0.3) is 0 Å². The van der Waals surface area contributed by atoms with Crippen LogP contribution in [0.1, 0.15) is 11.3 Å². The molecule has 2 N–H and O–H groups in total. The molecular weight excluding hydrogens is 267 g/mol. The number of nitrogens with two attached hydrogens (primary N) is 1. The van der Waals surface area contributed by atoms with E-state index in [1.54, 1.807) is 12.3 Å². The van der Waals surface area contributed by atoms with Crippen molar-refractivity contribution in [1.82, 2.24) is 4.98 Å². The molecule has 1 atom stereocenters. The molecule has 0 amide bonds. The fourth-order valence-electron chi connectivity index (χ4n) is 1.83. The zero-order valence-corrected chi connectivity index (χ0v) is 11.3. The number of hydrogen-bond donors (Lipinski definition) is 1. The van der Waals surface area contributed by atoms with Crippen LogP contribution in [0.15, 0.2) is 42.6 Å². The Labute approximate surface area is 117 Å². The molecule has 2 aromatic rings. The molecule has 0 saturated carbocycles. The fraction of sp³-hybridized carbons (Fsp3) is 0.214. The SMILES string of the molecule is NC(Cc1ccc(Cl)c(Cl)c1)Cc1ccccn1. The lowest BCUT2D eigenvalue weighted by Gasteiger charge is -2.11. The smallest absolute Gasteiger partial charge is 0.0595 e. The van der Waals surface area contributed by atoms with E-state index in [4.69, 9.17) is 28.9 Å². The van der Waals surface area contributed by atoms with Crippen LogP contribution in [-0.4, -0.2) is 11.0 Å². The molecule has 0 aliphatic carbocycles. The van der Waals surface area contributed by atoms with Gasteiger partial charge in [0.1, 0.15) is 0 Å². The summed E-state index contributed by atoms with van der Waals surface area (Å²) in [6.07, 6.45) is 3.29. The molecule has 0 aliphatic heterocycles. The Morgan fingerprint density at radius 1 is 1.06 bits per heavy atom. The Kier molecular flexibility index (Phi) is 4.59. The van der Waals surface area contributed by atoms with Crippen LogP contribution >= 0.6 is 23.2 Å². The number of nitrogens with zero attached hydrogens (tertiary/aromatic N) is 1. The van der Waals surface area contributed by atoms with Crippen LogP contribution in [0.4, 0.5) is 0 Å². The van der Waals surface area contributed by atoms with Gasteiger partial charge in [0.25, 0.3) is 0 Å². The summed E-state index contributed by atoms with van der Waals surface area (Å²) < 4.78 is 0. The summed E-state index contributed by atoms with van der Waals surface area (Å²) in [7, 11) is 0. The van der Waals surface area contributed by atoms with Crippen LogP contribution < -0.4 is 5.73 Å². The summed E-state index contributed by atoms with van der Waals surface area (Å²) in [4.78, 5) is 4.26. The van der Waals surface area contributed by atoms with E-state index < -0.39 is 0 Å². The Balaban J connectivity index is 1.99. The predicted octanol–water partition coefficient (Wildman–Crippen LogP) is 3.50. The van der Waals surface area contributed by atoms with E-state index in [-0.39, 0.29) is 6.04 Å². The second kappa shape index (κ2) is 6.19. The Bertz CT molecular complexity index is 514. The van der Waals surface area contributed by atoms with Gasteiger partial charge in [-0.1, -0.05) is 35.3 Å². The van der Waals surface area contributed by atoms with Crippen LogP contribution in [0, 0.1) is 0 Å². The normalized spacial score (nSPS) is 12.4. The van der Waals surface area contributed by atoms with Crippen molar-refractivity contribution in [2.45, 2.75) is 18.9 Å². The summed E-state index contributed by atoms with van der Waals surface area (Å²) in [6.45, 7) is 0. The number of pyridine rings is 1. The maximum Gasteiger partial charge on any atom is 0.0595 e. The number of hydrogen-bond acceptors (Lipinski definition) is 2. The van der Waals surface area contributed by atoms with Crippen molar-refractivity contribution < 1.29 is 0 Å². The van der Waals surface area contributed by atoms with Crippen LogP contribution in [-0.2, 0) is 12.8 Å². The van der Waals surface area contributed by atoms with Gasteiger partial charge in [0.05, 0.1) is 10.0 Å². The highest BCUT2D eigenvalue weighted by atomic mass is 35.5. The Morgan fingerprint density at radius 2 is 1.89 bits per heavy atom. The molecule has 1 aromatic heterocycles. The quantitative estimate of drug-likeness (QED) is 0.931. The number of rotatable bonds is 4. The maximum absolute atomic E-state index is 6.11. The lowest BCUT2D eigenvalue weighted by atomic mass is 10.0. The van der Waals surface area contributed by atoms with Gasteiger partial charge in [-0.2, -0.15) is 0 Å². The minimum Gasteiger partial charge on any atom is -0.327 e. The average Bonchev–Trinajstić information content (AvgIpc) is 2.35. The van der Waals surface area contributed by atoms with Gasteiger partial charge in [-0.3, -0.25) is 4.98 Å². The fourth-order valence-corrected chi connectivity index (χ4v) is 2.15. The summed E-state index contributed by atoms with van der Waals surface area (Å²) >= 11 is 11.8. The molecule has 0 fully saturated rings. The van der Waals surface area contributed by atoms with Gasteiger partial charge in [-0.05, 0) is 36.2 Å². The predicted molar refractivity (Wildman–Crippen MR) is 76.1 cm³/mol. The van der Waals surface area contributed by atoms with Crippen molar-refractivity contribution in [2.24, 2.45) is 5.73 Å². The highest BCUT2D eigenvalue weighted by molar-refractivity contribution is 6.42. The van der Waals surface area contributed by atoms with E-state index in [1.165, 1.54) is 0 Å². The van der Waals surface area contributed by atoms with E-state index in [0.29, 0.717) is 10.0 Å². The topological polar surface area (TPSA) is 38.9 Å². The number of aromatic nitrogens is 1. The Hall–Kier alpha value is -1.09. The molecular formula is C14H14Cl2N2. The standard InChI is InChI=1S/C14H14Cl2N2/c15-13-5-4-10(8-14(13)16)7-11(17)9-12-3-1-2-6-18-12/h1-6,8,11H,7,9,17H2. The highest BCUT2D eigenvalue weighted by Crippen LogP contribution is 2.23. The van der Waals surface area contributed by atoms with E-state index in [9.17, 15) is 0 Å². The first-order valence-corrected chi connectivity index (χ1v) is 6.50. The van der Waals surface area contributed by atoms with Crippen molar-refractivity contribution >= 4 is 23.2 Å². The van der Waals surface area contributed by atoms with E-state index in [2.05, 4.69) is 4.98 Å². The largest absolute Gasteiger partial charge is 0.327 e. The third-order valence-electron chi connectivity index (χ3n) is 2.68. The molecule has 0 bridgehead atoms. The van der Waals surface area contributed by atoms with Crippen molar-refractivity contribution in [3.63, 3.8) is 0 Å². The monoisotopic (exact) mass is 280 g/mol. The molecule has 0 saturated heterocycles. The molecule has 1 aromatic carbocycles. The van der Waals surface area contributed by atoms with Gasteiger partial charge in [0.15, 0.2) is 0 Å². The molecule has 0 spiro atoms.